The monoisotopic (exact) mass is 280 g/mol. The SMILES string of the molecule is CCC1(C)CN(CC2CCC3(CCCC3)O2)C(C)CN1. The average Bonchev–Trinajstić information content (AvgIpc) is 3.05. The normalized spacial score (nSPS) is 41.5. The van der Waals surface area contributed by atoms with Crippen molar-refractivity contribution in [2.24, 2.45) is 0 Å². The Morgan fingerprint density at radius 3 is 2.70 bits per heavy atom. The molecule has 0 aromatic rings. The summed E-state index contributed by atoms with van der Waals surface area (Å²) < 4.78 is 6.50. The summed E-state index contributed by atoms with van der Waals surface area (Å²) in [4.78, 5) is 2.67. The largest absolute Gasteiger partial charge is 0.370 e. The van der Waals surface area contributed by atoms with E-state index in [4.69, 9.17) is 4.74 Å². The van der Waals surface area contributed by atoms with Gasteiger partial charge in [0.15, 0.2) is 0 Å². The highest BCUT2D eigenvalue weighted by Crippen LogP contribution is 2.43. The first-order valence-electron chi connectivity index (χ1n) is 8.71. The molecule has 0 amide bonds. The number of nitrogens with one attached hydrogen (secondary N) is 1. The van der Waals surface area contributed by atoms with Crippen molar-refractivity contribution in [3.05, 3.63) is 0 Å². The quantitative estimate of drug-likeness (QED) is 0.860. The summed E-state index contributed by atoms with van der Waals surface area (Å²) in [5.74, 6) is 0. The van der Waals surface area contributed by atoms with Crippen molar-refractivity contribution in [1.29, 1.82) is 0 Å². The molecule has 0 aromatic heterocycles. The van der Waals surface area contributed by atoms with Gasteiger partial charge in [-0.2, -0.15) is 0 Å². The average molecular weight is 280 g/mol. The Labute approximate surface area is 124 Å². The molecular weight excluding hydrogens is 248 g/mol. The Balaban J connectivity index is 1.57. The summed E-state index contributed by atoms with van der Waals surface area (Å²) in [6.07, 6.45) is 9.65. The van der Waals surface area contributed by atoms with Crippen LogP contribution in [0.5, 0.6) is 0 Å². The second-order valence-electron chi connectivity index (χ2n) is 7.74. The predicted molar refractivity (Wildman–Crippen MR) is 83.0 cm³/mol. The second kappa shape index (κ2) is 5.58. The smallest absolute Gasteiger partial charge is 0.0710 e. The van der Waals surface area contributed by atoms with E-state index in [0.717, 1.165) is 19.6 Å². The fourth-order valence-electron chi connectivity index (χ4n) is 4.34. The van der Waals surface area contributed by atoms with Crippen molar-refractivity contribution >= 4 is 0 Å². The van der Waals surface area contributed by atoms with E-state index in [1.54, 1.807) is 0 Å². The highest BCUT2D eigenvalue weighted by atomic mass is 16.5. The lowest BCUT2D eigenvalue weighted by atomic mass is 9.93. The van der Waals surface area contributed by atoms with Gasteiger partial charge in [-0.3, -0.25) is 4.90 Å². The highest BCUT2D eigenvalue weighted by molar-refractivity contribution is 4.97. The molecule has 116 valence electrons. The standard InChI is InChI=1S/C17H32N2O/c1-4-16(3)13-19(14(2)11-18-16)12-15-7-10-17(20-15)8-5-6-9-17/h14-15,18H,4-13H2,1-3H3. The molecule has 0 radical (unpaired) electrons. The van der Waals surface area contributed by atoms with Crippen LogP contribution < -0.4 is 5.32 Å². The van der Waals surface area contributed by atoms with Crippen LogP contribution in [0.1, 0.15) is 65.7 Å². The van der Waals surface area contributed by atoms with Crippen molar-refractivity contribution in [2.75, 3.05) is 19.6 Å². The van der Waals surface area contributed by atoms with E-state index in [2.05, 4.69) is 31.0 Å². The Hall–Kier alpha value is -0.120. The molecule has 3 fully saturated rings. The van der Waals surface area contributed by atoms with Crippen molar-refractivity contribution in [1.82, 2.24) is 10.2 Å². The summed E-state index contributed by atoms with van der Waals surface area (Å²) in [6, 6.07) is 0.637. The third-order valence-corrected chi connectivity index (χ3v) is 6.07. The van der Waals surface area contributed by atoms with Crippen LogP contribution in [0.4, 0.5) is 0 Å². The minimum Gasteiger partial charge on any atom is -0.370 e. The van der Waals surface area contributed by atoms with Gasteiger partial charge in [0.1, 0.15) is 0 Å². The van der Waals surface area contributed by atoms with Crippen LogP contribution in [0, 0.1) is 0 Å². The molecule has 3 heteroatoms. The van der Waals surface area contributed by atoms with Crippen LogP contribution in [0.3, 0.4) is 0 Å². The topological polar surface area (TPSA) is 24.5 Å². The van der Waals surface area contributed by atoms with Gasteiger partial charge in [0, 0.05) is 31.2 Å². The molecule has 1 saturated carbocycles. The maximum atomic E-state index is 6.50. The van der Waals surface area contributed by atoms with Gasteiger partial charge in [0.05, 0.1) is 11.7 Å². The summed E-state index contributed by atoms with van der Waals surface area (Å²) in [6.45, 7) is 10.4. The van der Waals surface area contributed by atoms with Gasteiger partial charge in [0.25, 0.3) is 0 Å². The highest BCUT2D eigenvalue weighted by Gasteiger charge is 2.43. The summed E-state index contributed by atoms with van der Waals surface area (Å²) >= 11 is 0. The molecule has 2 aliphatic heterocycles. The molecule has 0 bridgehead atoms. The number of nitrogens with zero attached hydrogens (tertiary/aromatic N) is 1. The van der Waals surface area contributed by atoms with Gasteiger partial charge in [-0.25, -0.2) is 0 Å². The Bertz CT molecular complexity index is 340. The van der Waals surface area contributed by atoms with Crippen LogP contribution in [-0.4, -0.2) is 47.8 Å². The molecule has 3 aliphatic rings. The maximum absolute atomic E-state index is 6.50. The predicted octanol–water partition coefficient (Wildman–Crippen LogP) is 2.94. The zero-order chi connectivity index (χ0) is 14.2. The van der Waals surface area contributed by atoms with E-state index in [0.29, 0.717) is 12.1 Å². The van der Waals surface area contributed by atoms with Crippen molar-refractivity contribution < 1.29 is 4.74 Å². The zero-order valence-corrected chi connectivity index (χ0v) is 13.6. The van der Waals surface area contributed by atoms with Crippen molar-refractivity contribution in [3.63, 3.8) is 0 Å². The number of rotatable bonds is 3. The third-order valence-electron chi connectivity index (χ3n) is 6.07. The number of ether oxygens (including phenoxy) is 1. The minimum absolute atomic E-state index is 0.288. The number of hydrogen-bond donors (Lipinski definition) is 1. The van der Waals surface area contributed by atoms with E-state index in [1.807, 2.05) is 0 Å². The lowest BCUT2D eigenvalue weighted by Gasteiger charge is -2.45. The first-order chi connectivity index (χ1) is 9.54. The third kappa shape index (κ3) is 2.90. The molecule has 0 aromatic carbocycles. The molecule has 1 aliphatic carbocycles. The molecule has 3 atom stereocenters. The van der Waals surface area contributed by atoms with Crippen LogP contribution in [0.15, 0.2) is 0 Å². The van der Waals surface area contributed by atoms with Gasteiger partial charge in [-0.05, 0) is 46.0 Å². The van der Waals surface area contributed by atoms with Gasteiger partial charge in [0.2, 0.25) is 0 Å². The first-order valence-corrected chi connectivity index (χ1v) is 8.71. The van der Waals surface area contributed by atoms with Crippen LogP contribution in [0.2, 0.25) is 0 Å². The molecule has 3 rings (SSSR count). The van der Waals surface area contributed by atoms with Crippen LogP contribution >= 0.6 is 0 Å². The van der Waals surface area contributed by atoms with E-state index < -0.39 is 0 Å². The summed E-state index contributed by atoms with van der Waals surface area (Å²) in [5, 5.41) is 3.72. The number of hydrogen-bond acceptors (Lipinski definition) is 3. The van der Waals surface area contributed by atoms with E-state index in [1.165, 1.54) is 44.9 Å². The number of piperazine rings is 1. The molecule has 2 heterocycles. The maximum Gasteiger partial charge on any atom is 0.0710 e. The Kier molecular flexibility index (Phi) is 4.13. The van der Waals surface area contributed by atoms with Crippen molar-refractivity contribution in [3.8, 4) is 0 Å². The van der Waals surface area contributed by atoms with Gasteiger partial charge in [-0.15, -0.1) is 0 Å². The van der Waals surface area contributed by atoms with Gasteiger partial charge < -0.3 is 10.1 Å². The molecule has 3 unspecified atom stereocenters. The second-order valence-corrected chi connectivity index (χ2v) is 7.74. The zero-order valence-electron chi connectivity index (χ0n) is 13.6. The molecule has 3 nitrogen and oxygen atoms in total. The first kappa shape index (κ1) is 14.8. The molecule has 1 N–H and O–H groups in total. The fraction of sp³-hybridized carbons (Fsp3) is 1.00. The van der Waals surface area contributed by atoms with E-state index in [-0.39, 0.29) is 11.1 Å². The van der Waals surface area contributed by atoms with E-state index >= 15 is 0 Å². The Morgan fingerprint density at radius 2 is 2.00 bits per heavy atom. The van der Waals surface area contributed by atoms with Gasteiger partial charge in [-0.1, -0.05) is 19.8 Å². The summed E-state index contributed by atoms with van der Waals surface area (Å²) in [7, 11) is 0. The van der Waals surface area contributed by atoms with Crippen LogP contribution in [0.25, 0.3) is 0 Å². The van der Waals surface area contributed by atoms with Crippen molar-refractivity contribution in [2.45, 2.75) is 89.0 Å². The molecule has 1 spiro atoms. The van der Waals surface area contributed by atoms with Gasteiger partial charge >= 0.3 is 0 Å². The Morgan fingerprint density at radius 1 is 1.25 bits per heavy atom. The molecular formula is C17H32N2O. The lowest BCUT2D eigenvalue weighted by molar-refractivity contribution is -0.0572. The summed E-state index contributed by atoms with van der Waals surface area (Å²) in [5.41, 5.74) is 0.576. The molecule has 20 heavy (non-hydrogen) atoms. The van der Waals surface area contributed by atoms with E-state index in [9.17, 15) is 0 Å². The molecule has 2 saturated heterocycles. The minimum atomic E-state index is 0.288. The lowest BCUT2D eigenvalue weighted by Crippen LogP contribution is -2.62. The van der Waals surface area contributed by atoms with Crippen LogP contribution in [-0.2, 0) is 4.74 Å². The fourth-order valence-corrected chi connectivity index (χ4v) is 4.34.